The fraction of sp³-hybridized carbons (Fsp3) is 0.333. The molecule has 0 aliphatic carbocycles. The third-order valence-corrected chi connectivity index (χ3v) is 4.97. The molecule has 0 saturated heterocycles. The van der Waals surface area contributed by atoms with Gasteiger partial charge in [0.1, 0.15) is 5.82 Å². The third-order valence-electron chi connectivity index (χ3n) is 4.00. The highest BCUT2D eigenvalue weighted by molar-refractivity contribution is 7.98. The maximum atomic E-state index is 5.86. The van der Waals surface area contributed by atoms with Gasteiger partial charge in [0.05, 0.1) is 18.1 Å². The molecule has 3 N–H and O–H groups in total. The Morgan fingerprint density at radius 1 is 1.11 bits per heavy atom. The lowest BCUT2D eigenvalue weighted by atomic mass is 10.3. The standard InChI is InChI=1S/C18H23N7OS/c1-12-13(2)25(9-10-26-3)18(20-12)27-11-15-22-16(19)24-17(23-15)21-14-7-5-4-6-8-14/h4-8H,9-11H2,1-3H3,(H3,19,21,22,23,24). The molecule has 0 aliphatic rings. The molecule has 0 fully saturated rings. The zero-order chi connectivity index (χ0) is 19.2. The molecule has 0 atom stereocenters. The number of aromatic nitrogens is 5. The minimum atomic E-state index is 0.189. The Labute approximate surface area is 162 Å². The molecular weight excluding hydrogens is 362 g/mol. The van der Waals surface area contributed by atoms with Gasteiger partial charge in [-0.3, -0.25) is 0 Å². The van der Waals surface area contributed by atoms with Crippen LogP contribution in [0.2, 0.25) is 0 Å². The van der Waals surface area contributed by atoms with Gasteiger partial charge in [-0.25, -0.2) is 4.98 Å². The van der Waals surface area contributed by atoms with Gasteiger partial charge in [0, 0.05) is 25.0 Å². The van der Waals surface area contributed by atoms with Crippen molar-refractivity contribution in [2.45, 2.75) is 31.3 Å². The number of benzene rings is 1. The SMILES string of the molecule is COCCn1c(SCc2nc(N)nc(Nc3ccccc3)n2)nc(C)c1C. The largest absolute Gasteiger partial charge is 0.383 e. The molecule has 27 heavy (non-hydrogen) atoms. The van der Waals surface area contributed by atoms with E-state index in [2.05, 4.69) is 36.7 Å². The van der Waals surface area contributed by atoms with Gasteiger partial charge in [-0.1, -0.05) is 30.0 Å². The Hall–Kier alpha value is -2.65. The van der Waals surface area contributed by atoms with E-state index in [0.29, 0.717) is 24.1 Å². The molecule has 1 aromatic carbocycles. The van der Waals surface area contributed by atoms with E-state index in [9.17, 15) is 0 Å². The summed E-state index contributed by atoms with van der Waals surface area (Å²) in [6.07, 6.45) is 0. The van der Waals surface area contributed by atoms with E-state index >= 15 is 0 Å². The predicted octanol–water partition coefficient (Wildman–Crippen LogP) is 2.95. The molecular formula is C18H23N7OS. The van der Waals surface area contributed by atoms with Crippen molar-refractivity contribution in [1.82, 2.24) is 24.5 Å². The third kappa shape index (κ3) is 4.95. The van der Waals surface area contributed by atoms with Crippen LogP contribution in [0.5, 0.6) is 0 Å². The highest BCUT2D eigenvalue weighted by Crippen LogP contribution is 2.24. The van der Waals surface area contributed by atoms with E-state index in [4.69, 9.17) is 10.5 Å². The van der Waals surface area contributed by atoms with Crippen LogP contribution in [0.4, 0.5) is 17.6 Å². The van der Waals surface area contributed by atoms with Crippen LogP contribution >= 0.6 is 11.8 Å². The summed E-state index contributed by atoms with van der Waals surface area (Å²) in [5, 5.41) is 4.06. The number of nitrogens with one attached hydrogen (secondary N) is 1. The van der Waals surface area contributed by atoms with E-state index in [1.165, 1.54) is 0 Å². The molecule has 0 aliphatic heterocycles. The minimum Gasteiger partial charge on any atom is -0.383 e. The van der Waals surface area contributed by atoms with Crippen LogP contribution in [0.1, 0.15) is 17.2 Å². The van der Waals surface area contributed by atoms with Gasteiger partial charge in [-0.2, -0.15) is 15.0 Å². The molecule has 0 unspecified atom stereocenters. The zero-order valence-electron chi connectivity index (χ0n) is 15.6. The molecule has 3 aromatic rings. The van der Waals surface area contributed by atoms with Gasteiger partial charge in [0.2, 0.25) is 11.9 Å². The maximum absolute atomic E-state index is 5.86. The first kappa shape index (κ1) is 19.1. The van der Waals surface area contributed by atoms with Crippen LogP contribution in [-0.4, -0.2) is 38.2 Å². The summed E-state index contributed by atoms with van der Waals surface area (Å²) in [6.45, 7) is 5.45. The molecule has 142 valence electrons. The van der Waals surface area contributed by atoms with Crippen molar-refractivity contribution in [2.24, 2.45) is 0 Å². The number of methoxy groups -OCH3 is 1. The molecule has 8 nitrogen and oxygen atoms in total. The average molecular weight is 385 g/mol. The topological polar surface area (TPSA) is 104 Å². The van der Waals surface area contributed by atoms with Crippen molar-refractivity contribution in [1.29, 1.82) is 0 Å². The van der Waals surface area contributed by atoms with E-state index in [1.54, 1.807) is 18.9 Å². The van der Waals surface area contributed by atoms with Gasteiger partial charge in [0.25, 0.3) is 0 Å². The summed E-state index contributed by atoms with van der Waals surface area (Å²) >= 11 is 1.57. The summed E-state index contributed by atoms with van der Waals surface area (Å²) in [6, 6.07) is 9.70. The Balaban J connectivity index is 1.74. The number of aryl methyl sites for hydroxylation is 1. The molecule has 0 spiro atoms. The van der Waals surface area contributed by atoms with Gasteiger partial charge < -0.3 is 20.4 Å². The minimum absolute atomic E-state index is 0.189. The number of nitrogens with two attached hydrogens (primary N) is 1. The van der Waals surface area contributed by atoms with E-state index < -0.39 is 0 Å². The number of nitrogens with zero attached hydrogens (tertiary/aromatic N) is 5. The number of hydrogen-bond donors (Lipinski definition) is 2. The van der Waals surface area contributed by atoms with Crippen molar-refractivity contribution in [2.75, 3.05) is 24.8 Å². The number of rotatable bonds is 8. The lowest BCUT2D eigenvalue weighted by molar-refractivity contribution is 0.184. The highest BCUT2D eigenvalue weighted by Gasteiger charge is 2.13. The van der Waals surface area contributed by atoms with Crippen LogP contribution < -0.4 is 11.1 Å². The smallest absolute Gasteiger partial charge is 0.232 e. The first-order valence-electron chi connectivity index (χ1n) is 8.54. The average Bonchev–Trinajstić information content (AvgIpc) is 2.92. The maximum Gasteiger partial charge on any atom is 0.232 e. The first-order valence-corrected chi connectivity index (χ1v) is 9.53. The summed E-state index contributed by atoms with van der Waals surface area (Å²) in [7, 11) is 1.70. The molecule has 0 saturated carbocycles. The normalized spacial score (nSPS) is 10.9. The molecule has 0 amide bonds. The van der Waals surface area contributed by atoms with Crippen molar-refractivity contribution < 1.29 is 4.74 Å². The number of nitrogen functional groups attached to an aromatic ring is 1. The van der Waals surface area contributed by atoms with Crippen molar-refractivity contribution in [3.8, 4) is 0 Å². The summed E-state index contributed by atoms with van der Waals surface area (Å²) < 4.78 is 7.35. The molecule has 2 heterocycles. The second-order valence-electron chi connectivity index (χ2n) is 5.92. The quantitative estimate of drug-likeness (QED) is 0.570. The number of para-hydroxylation sites is 1. The van der Waals surface area contributed by atoms with E-state index in [0.717, 1.165) is 28.8 Å². The van der Waals surface area contributed by atoms with Gasteiger partial charge >= 0.3 is 0 Å². The van der Waals surface area contributed by atoms with E-state index in [1.807, 2.05) is 37.3 Å². The molecule has 0 bridgehead atoms. The zero-order valence-corrected chi connectivity index (χ0v) is 16.5. The Morgan fingerprint density at radius 2 is 1.89 bits per heavy atom. The summed E-state index contributed by atoms with van der Waals surface area (Å²) in [4.78, 5) is 17.5. The van der Waals surface area contributed by atoms with E-state index in [-0.39, 0.29) is 5.95 Å². The second-order valence-corrected chi connectivity index (χ2v) is 6.87. The van der Waals surface area contributed by atoms with Crippen LogP contribution in [0.25, 0.3) is 0 Å². The molecule has 2 aromatic heterocycles. The Morgan fingerprint density at radius 3 is 2.63 bits per heavy atom. The van der Waals surface area contributed by atoms with Gasteiger partial charge in [-0.15, -0.1) is 0 Å². The first-order chi connectivity index (χ1) is 13.1. The van der Waals surface area contributed by atoms with Crippen LogP contribution in [-0.2, 0) is 17.0 Å². The fourth-order valence-electron chi connectivity index (χ4n) is 2.52. The lowest BCUT2D eigenvalue weighted by Gasteiger charge is -2.10. The molecule has 9 heteroatoms. The number of ether oxygens (including phenoxy) is 1. The summed E-state index contributed by atoms with van der Waals surface area (Å²) in [5.74, 6) is 1.76. The number of imidazole rings is 1. The van der Waals surface area contributed by atoms with Gasteiger partial charge in [-0.05, 0) is 26.0 Å². The highest BCUT2D eigenvalue weighted by atomic mass is 32.2. The van der Waals surface area contributed by atoms with Crippen LogP contribution in [0.3, 0.4) is 0 Å². The Bertz CT molecular complexity index is 898. The van der Waals surface area contributed by atoms with Crippen LogP contribution in [0, 0.1) is 13.8 Å². The Kier molecular flexibility index (Phi) is 6.25. The van der Waals surface area contributed by atoms with Crippen molar-refractivity contribution >= 4 is 29.3 Å². The number of anilines is 3. The summed E-state index contributed by atoms with van der Waals surface area (Å²) in [5.41, 5.74) is 8.89. The monoisotopic (exact) mass is 385 g/mol. The van der Waals surface area contributed by atoms with Crippen molar-refractivity contribution in [3.05, 3.63) is 47.5 Å². The number of thioether (sulfide) groups is 1. The van der Waals surface area contributed by atoms with Gasteiger partial charge in [0.15, 0.2) is 5.16 Å². The molecule has 3 rings (SSSR count). The second kappa shape index (κ2) is 8.83. The predicted molar refractivity (Wildman–Crippen MR) is 107 cm³/mol. The molecule has 0 radical (unpaired) electrons. The van der Waals surface area contributed by atoms with Crippen LogP contribution in [0.15, 0.2) is 35.5 Å². The fourth-order valence-corrected chi connectivity index (χ4v) is 3.49. The number of hydrogen-bond acceptors (Lipinski definition) is 8. The lowest BCUT2D eigenvalue weighted by Crippen LogP contribution is -2.08. The van der Waals surface area contributed by atoms with Crippen molar-refractivity contribution in [3.63, 3.8) is 0 Å².